The highest BCUT2D eigenvalue weighted by Crippen LogP contribution is 2.22. The lowest BCUT2D eigenvalue weighted by Gasteiger charge is -2.10. The van der Waals surface area contributed by atoms with Crippen molar-refractivity contribution in [1.29, 1.82) is 0 Å². The van der Waals surface area contributed by atoms with Crippen LogP contribution in [0.25, 0.3) is 11.3 Å². The van der Waals surface area contributed by atoms with E-state index in [0.29, 0.717) is 27.9 Å². The number of hydrogen-bond donors (Lipinski definition) is 0. The fourth-order valence-corrected chi connectivity index (χ4v) is 3.79. The lowest BCUT2D eigenvalue weighted by atomic mass is 10.1. The van der Waals surface area contributed by atoms with Crippen molar-refractivity contribution in [1.82, 2.24) is 19.2 Å². The molecule has 2 aromatic carbocycles. The van der Waals surface area contributed by atoms with Crippen molar-refractivity contribution in [3.63, 3.8) is 0 Å². The molecule has 0 aliphatic rings. The number of ether oxygens (including phenoxy) is 2. The molecular weight excluding hydrogens is 404 g/mol. The second-order valence-corrected chi connectivity index (χ2v) is 7.20. The topological polar surface area (TPSA) is 87.7 Å². The first kappa shape index (κ1) is 19.7. The molecule has 0 aliphatic carbocycles. The van der Waals surface area contributed by atoms with Gasteiger partial charge in [-0.25, -0.2) is 0 Å². The highest BCUT2D eigenvalue weighted by molar-refractivity contribution is 7.99. The monoisotopic (exact) mass is 422 g/mol. The van der Waals surface area contributed by atoms with Gasteiger partial charge in [-0.2, -0.15) is 0 Å². The molecule has 0 N–H and O–H groups in total. The van der Waals surface area contributed by atoms with Crippen molar-refractivity contribution < 1.29 is 14.3 Å². The zero-order valence-electron chi connectivity index (χ0n) is 16.3. The molecule has 9 heteroatoms. The van der Waals surface area contributed by atoms with Gasteiger partial charge >= 0.3 is 5.56 Å². The molecule has 4 aromatic rings. The van der Waals surface area contributed by atoms with Crippen LogP contribution in [0.1, 0.15) is 10.4 Å². The van der Waals surface area contributed by atoms with Crippen LogP contribution in [0.5, 0.6) is 11.5 Å². The van der Waals surface area contributed by atoms with Crippen LogP contribution in [-0.2, 0) is 0 Å². The first-order chi connectivity index (χ1) is 14.6. The average Bonchev–Trinajstić information content (AvgIpc) is 3.21. The SMILES string of the molecule is COc1ccc(C(=O)CSc2nnc3c(=O)n(-c4ccccc4OC)ccn23)cc1. The van der Waals surface area contributed by atoms with E-state index in [2.05, 4.69) is 10.2 Å². The molecule has 30 heavy (non-hydrogen) atoms. The third-order valence-corrected chi connectivity index (χ3v) is 5.47. The number of Topliss-reactive ketones (excluding diaryl/α,β-unsaturated/α-hetero) is 1. The molecule has 8 nitrogen and oxygen atoms in total. The number of carbonyl (C=O) groups is 1. The van der Waals surface area contributed by atoms with E-state index in [1.165, 1.54) is 16.3 Å². The Kier molecular flexibility index (Phi) is 5.53. The molecule has 0 aliphatic heterocycles. The summed E-state index contributed by atoms with van der Waals surface area (Å²) >= 11 is 1.22. The Bertz CT molecular complexity index is 1260. The van der Waals surface area contributed by atoms with Gasteiger partial charge in [-0.3, -0.25) is 18.6 Å². The number of carbonyl (C=O) groups excluding carboxylic acids is 1. The van der Waals surface area contributed by atoms with Crippen LogP contribution in [0, 0.1) is 0 Å². The summed E-state index contributed by atoms with van der Waals surface area (Å²) < 4.78 is 13.5. The second-order valence-electron chi connectivity index (χ2n) is 6.26. The predicted octanol–water partition coefficient (Wildman–Crippen LogP) is 2.87. The van der Waals surface area contributed by atoms with Crippen LogP contribution in [0.3, 0.4) is 0 Å². The van der Waals surface area contributed by atoms with Crippen molar-refractivity contribution in [2.75, 3.05) is 20.0 Å². The Balaban J connectivity index is 1.58. The van der Waals surface area contributed by atoms with Gasteiger partial charge in [-0.1, -0.05) is 23.9 Å². The largest absolute Gasteiger partial charge is 0.497 e. The molecule has 0 saturated heterocycles. The predicted molar refractivity (Wildman–Crippen MR) is 113 cm³/mol. The molecule has 0 unspecified atom stereocenters. The van der Waals surface area contributed by atoms with Crippen LogP contribution < -0.4 is 15.0 Å². The zero-order chi connectivity index (χ0) is 21.1. The number of nitrogens with zero attached hydrogens (tertiary/aromatic N) is 4. The van der Waals surface area contributed by atoms with Gasteiger partial charge in [0.05, 0.1) is 25.7 Å². The average molecular weight is 422 g/mol. The Hall–Kier alpha value is -3.59. The van der Waals surface area contributed by atoms with Crippen LogP contribution in [0.2, 0.25) is 0 Å². The van der Waals surface area contributed by atoms with Crippen LogP contribution in [0.15, 0.2) is 70.9 Å². The lowest BCUT2D eigenvalue weighted by molar-refractivity contribution is 0.102. The van der Waals surface area contributed by atoms with Crippen molar-refractivity contribution in [3.05, 3.63) is 76.8 Å². The number of fused-ring (bicyclic) bond motifs is 1. The maximum Gasteiger partial charge on any atom is 0.300 e. The Labute approximate surface area is 176 Å². The van der Waals surface area contributed by atoms with Gasteiger partial charge < -0.3 is 9.47 Å². The summed E-state index contributed by atoms with van der Waals surface area (Å²) in [4.78, 5) is 25.4. The van der Waals surface area contributed by atoms with Crippen LogP contribution >= 0.6 is 11.8 Å². The Morgan fingerprint density at radius 3 is 2.50 bits per heavy atom. The van der Waals surface area contributed by atoms with Gasteiger partial charge in [0.2, 0.25) is 5.65 Å². The van der Waals surface area contributed by atoms with Gasteiger partial charge in [0.25, 0.3) is 0 Å². The summed E-state index contributed by atoms with van der Waals surface area (Å²) in [6.07, 6.45) is 3.33. The van der Waals surface area contributed by atoms with E-state index in [9.17, 15) is 9.59 Å². The number of rotatable bonds is 7. The number of benzene rings is 2. The number of para-hydroxylation sites is 2. The smallest absolute Gasteiger partial charge is 0.300 e. The van der Waals surface area contributed by atoms with E-state index in [-0.39, 0.29) is 22.7 Å². The lowest BCUT2D eigenvalue weighted by Crippen LogP contribution is -2.20. The molecule has 4 rings (SSSR count). The number of methoxy groups -OCH3 is 2. The van der Waals surface area contributed by atoms with E-state index in [0.717, 1.165) is 0 Å². The summed E-state index contributed by atoms with van der Waals surface area (Å²) in [6.45, 7) is 0. The summed E-state index contributed by atoms with van der Waals surface area (Å²) in [5.74, 6) is 1.38. The maximum atomic E-state index is 12.9. The quantitative estimate of drug-likeness (QED) is 0.334. The molecule has 0 saturated carbocycles. The van der Waals surface area contributed by atoms with Gasteiger partial charge in [0.15, 0.2) is 10.9 Å². The highest BCUT2D eigenvalue weighted by Gasteiger charge is 2.15. The van der Waals surface area contributed by atoms with Crippen molar-refractivity contribution in [3.8, 4) is 17.2 Å². The Morgan fingerprint density at radius 1 is 1.00 bits per heavy atom. The van der Waals surface area contributed by atoms with Crippen LogP contribution in [0.4, 0.5) is 0 Å². The van der Waals surface area contributed by atoms with E-state index in [4.69, 9.17) is 9.47 Å². The molecule has 0 atom stereocenters. The standard InChI is InChI=1S/C21H18N4O4S/c1-28-15-9-7-14(8-10-15)17(26)13-30-21-23-22-19-20(27)24(11-12-25(19)21)16-5-3-4-6-18(16)29-2/h3-12H,13H2,1-2H3. The molecule has 0 fully saturated rings. The molecule has 0 bridgehead atoms. The number of aromatic nitrogens is 4. The zero-order valence-corrected chi connectivity index (χ0v) is 17.1. The molecular formula is C21H18N4O4S. The molecule has 152 valence electrons. The van der Waals surface area contributed by atoms with Gasteiger partial charge in [0.1, 0.15) is 11.5 Å². The number of ketones is 1. The van der Waals surface area contributed by atoms with E-state index in [1.54, 1.807) is 67.4 Å². The number of hydrogen-bond acceptors (Lipinski definition) is 7. The normalized spacial score (nSPS) is 10.9. The molecule has 2 aromatic heterocycles. The van der Waals surface area contributed by atoms with Crippen molar-refractivity contribution in [2.45, 2.75) is 5.16 Å². The first-order valence-corrected chi connectivity index (χ1v) is 10.0. The summed E-state index contributed by atoms with van der Waals surface area (Å²) in [5, 5.41) is 8.58. The highest BCUT2D eigenvalue weighted by atomic mass is 32.2. The molecule has 0 radical (unpaired) electrons. The first-order valence-electron chi connectivity index (χ1n) is 9.02. The minimum absolute atomic E-state index is 0.0539. The summed E-state index contributed by atoms with van der Waals surface area (Å²) in [7, 11) is 3.12. The maximum absolute atomic E-state index is 12.9. The van der Waals surface area contributed by atoms with Gasteiger partial charge in [-0.15, -0.1) is 10.2 Å². The third kappa shape index (κ3) is 3.67. The van der Waals surface area contributed by atoms with E-state index >= 15 is 0 Å². The Morgan fingerprint density at radius 2 is 1.77 bits per heavy atom. The van der Waals surface area contributed by atoms with Crippen LogP contribution in [-0.4, -0.2) is 44.9 Å². The van der Waals surface area contributed by atoms with E-state index in [1.807, 2.05) is 12.1 Å². The van der Waals surface area contributed by atoms with Gasteiger partial charge in [0, 0.05) is 18.0 Å². The summed E-state index contributed by atoms with van der Waals surface area (Å²) in [5.41, 5.74) is 1.03. The minimum atomic E-state index is -0.331. The fourth-order valence-electron chi connectivity index (χ4n) is 2.97. The third-order valence-electron chi connectivity index (χ3n) is 4.53. The van der Waals surface area contributed by atoms with E-state index < -0.39 is 0 Å². The van der Waals surface area contributed by atoms with Crippen molar-refractivity contribution in [2.24, 2.45) is 0 Å². The van der Waals surface area contributed by atoms with Crippen molar-refractivity contribution >= 4 is 23.2 Å². The minimum Gasteiger partial charge on any atom is -0.497 e. The molecule has 2 heterocycles. The second kappa shape index (κ2) is 8.42. The number of thioether (sulfide) groups is 1. The van der Waals surface area contributed by atoms with Gasteiger partial charge in [-0.05, 0) is 36.4 Å². The fraction of sp³-hybridized carbons (Fsp3) is 0.143. The summed E-state index contributed by atoms with van der Waals surface area (Å²) in [6, 6.07) is 14.1. The molecule has 0 amide bonds. The molecule has 0 spiro atoms.